The van der Waals surface area contributed by atoms with Crippen molar-refractivity contribution in [1.29, 1.82) is 0 Å². The quantitative estimate of drug-likeness (QED) is 0.756. The minimum Gasteiger partial charge on any atom is -0.271 e. The molecule has 0 radical (unpaired) electrons. The van der Waals surface area contributed by atoms with Crippen LogP contribution < -0.4 is 9.44 Å². The summed E-state index contributed by atoms with van der Waals surface area (Å²) in [6.07, 6.45) is 0. The van der Waals surface area contributed by atoms with E-state index in [1.54, 1.807) is 19.1 Å². The minimum atomic E-state index is -3.44. The predicted molar refractivity (Wildman–Crippen MR) is 73.1 cm³/mol. The molecular weight excluding hydrogens is 395 g/mol. The topological polar surface area (TPSA) is 58.2 Å². The average molecular weight is 405 g/mol. The molecule has 4 nitrogen and oxygen atoms in total. The lowest BCUT2D eigenvalue weighted by atomic mass is 10.3. The van der Waals surface area contributed by atoms with Crippen molar-refractivity contribution in [3.63, 3.8) is 0 Å². The van der Waals surface area contributed by atoms with Gasteiger partial charge in [0.25, 0.3) is 10.2 Å². The van der Waals surface area contributed by atoms with Crippen LogP contribution in [0, 0.1) is 3.57 Å². The van der Waals surface area contributed by atoms with Crippen molar-refractivity contribution in [3.05, 3.63) is 26.2 Å². The predicted octanol–water partition coefficient (Wildman–Crippen LogP) is 2.32. The van der Waals surface area contributed by atoms with E-state index in [1.165, 1.54) is 0 Å². The van der Waals surface area contributed by atoms with Crippen molar-refractivity contribution in [2.24, 2.45) is 0 Å². The van der Waals surface area contributed by atoms with Crippen LogP contribution in [0.15, 0.2) is 22.7 Å². The third-order valence-corrected chi connectivity index (χ3v) is 5.02. The van der Waals surface area contributed by atoms with E-state index in [2.05, 4.69) is 48.0 Å². The Morgan fingerprint density at radius 2 is 2.13 bits per heavy atom. The van der Waals surface area contributed by atoms with E-state index in [1.807, 2.05) is 6.07 Å². The molecule has 84 valence electrons. The fraction of sp³-hybridized carbons (Fsp3) is 0.250. The van der Waals surface area contributed by atoms with Crippen molar-refractivity contribution in [3.8, 4) is 0 Å². The number of halogens is 2. The molecule has 0 aromatic heterocycles. The van der Waals surface area contributed by atoms with Gasteiger partial charge in [-0.15, -0.1) is 0 Å². The van der Waals surface area contributed by atoms with Gasteiger partial charge in [-0.3, -0.25) is 4.72 Å². The second kappa shape index (κ2) is 5.46. The Bertz CT molecular complexity index is 450. The van der Waals surface area contributed by atoms with Crippen LogP contribution >= 0.6 is 38.5 Å². The van der Waals surface area contributed by atoms with Gasteiger partial charge in [0.2, 0.25) is 0 Å². The Morgan fingerprint density at radius 3 is 2.67 bits per heavy atom. The monoisotopic (exact) mass is 404 g/mol. The molecule has 15 heavy (non-hydrogen) atoms. The molecule has 0 atom stereocenters. The maximum absolute atomic E-state index is 11.4. The molecule has 0 spiro atoms. The number of hydrogen-bond donors (Lipinski definition) is 2. The van der Waals surface area contributed by atoms with Crippen molar-refractivity contribution >= 4 is 54.4 Å². The van der Waals surface area contributed by atoms with Gasteiger partial charge in [0.1, 0.15) is 0 Å². The van der Waals surface area contributed by atoms with Gasteiger partial charge < -0.3 is 0 Å². The molecule has 0 aliphatic rings. The molecular formula is C8H10BrIN2O2S. The first-order chi connectivity index (χ1) is 6.94. The third-order valence-electron chi connectivity index (χ3n) is 1.51. The lowest BCUT2D eigenvalue weighted by Gasteiger charge is -2.08. The molecule has 1 aromatic rings. The van der Waals surface area contributed by atoms with E-state index in [4.69, 9.17) is 0 Å². The molecule has 0 bridgehead atoms. The molecule has 0 saturated carbocycles. The molecule has 0 aliphatic carbocycles. The molecule has 0 aliphatic heterocycles. The fourth-order valence-electron chi connectivity index (χ4n) is 0.941. The largest absolute Gasteiger partial charge is 0.299 e. The molecule has 1 rings (SSSR count). The normalized spacial score (nSPS) is 11.4. The van der Waals surface area contributed by atoms with E-state index in [0.717, 1.165) is 8.04 Å². The summed E-state index contributed by atoms with van der Waals surface area (Å²) in [7, 11) is -3.44. The fourth-order valence-corrected chi connectivity index (χ4v) is 2.54. The highest BCUT2D eigenvalue weighted by atomic mass is 127. The first kappa shape index (κ1) is 13.2. The van der Waals surface area contributed by atoms with Crippen LogP contribution in [0.4, 0.5) is 5.69 Å². The number of rotatable bonds is 4. The number of hydrogen-bond acceptors (Lipinski definition) is 2. The van der Waals surface area contributed by atoms with Crippen molar-refractivity contribution in [2.45, 2.75) is 6.92 Å². The zero-order chi connectivity index (χ0) is 11.5. The number of nitrogens with one attached hydrogen (secondary N) is 2. The molecule has 0 amide bonds. The van der Waals surface area contributed by atoms with E-state index >= 15 is 0 Å². The van der Waals surface area contributed by atoms with Crippen LogP contribution in [-0.4, -0.2) is 15.0 Å². The summed E-state index contributed by atoms with van der Waals surface area (Å²) in [5.41, 5.74) is 0.531. The number of anilines is 1. The summed E-state index contributed by atoms with van der Waals surface area (Å²) < 4.78 is 29.4. The van der Waals surface area contributed by atoms with Gasteiger partial charge in [0.05, 0.1) is 5.69 Å². The van der Waals surface area contributed by atoms with Crippen molar-refractivity contribution in [2.75, 3.05) is 11.3 Å². The standard InChI is InChI=1S/C8H10BrIN2O2S/c1-2-11-15(13,14)12-6-3-4-8(10)7(9)5-6/h3-5,11-12H,2H2,1H3. The van der Waals surface area contributed by atoms with Gasteiger partial charge in [-0.2, -0.15) is 13.1 Å². The highest BCUT2D eigenvalue weighted by Gasteiger charge is 2.08. The van der Waals surface area contributed by atoms with Gasteiger partial charge in [-0.1, -0.05) is 6.92 Å². The number of benzene rings is 1. The summed E-state index contributed by atoms with van der Waals surface area (Å²) in [5, 5.41) is 0. The van der Waals surface area contributed by atoms with Crippen LogP contribution in [0.5, 0.6) is 0 Å². The molecule has 0 fully saturated rings. The Balaban J connectivity index is 2.86. The second-order valence-electron chi connectivity index (χ2n) is 2.73. The van der Waals surface area contributed by atoms with Crippen molar-refractivity contribution in [1.82, 2.24) is 4.72 Å². The van der Waals surface area contributed by atoms with Gasteiger partial charge in [-0.05, 0) is 56.7 Å². The zero-order valence-corrected chi connectivity index (χ0v) is 12.5. The molecule has 2 N–H and O–H groups in total. The van der Waals surface area contributed by atoms with E-state index < -0.39 is 10.2 Å². The summed E-state index contributed by atoms with van der Waals surface area (Å²) in [5.74, 6) is 0. The molecule has 1 aromatic carbocycles. The highest BCUT2D eigenvalue weighted by molar-refractivity contribution is 14.1. The Labute approximate surface area is 111 Å². The van der Waals surface area contributed by atoms with Crippen LogP contribution in [0.3, 0.4) is 0 Å². The Hall–Kier alpha value is 0.140. The van der Waals surface area contributed by atoms with Gasteiger partial charge in [0, 0.05) is 14.6 Å². The third kappa shape index (κ3) is 4.25. The maximum atomic E-state index is 11.4. The zero-order valence-electron chi connectivity index (χ0n) is 7.92. The van der Waals surface area contributed by atoms with Crippen LogP contribution in [0.1, 0.15) is 6.92 Å². The van der Waals surface area contributed by atoms with Gasteiger partial charge in [-0.25, -0.2) is 0 Å². The van der Waals surface area contributed by atoms with Crippen LogP contribution in [-0.2, 0) is 10.2 Å². The maximum Gasteiger partial charge on any atom is 0.299 e. The van der Waals surface area contributed by atoms with Gasteiger partial charge >= 0.3 is 0 Å². The average Bonchev–Trinajstić information content (AvgIpc) is 2.10. The lowest BCUT2D eigenvalue weighted by Crippen LogP contribution is -2.29. The van der Waals surface area contributed by atoms with E-state index in [0.29, 0.717) is 12.2 Å². The van der Waals surface area contributed by atoms with E-state index in [9.17, 15) is 8.42 Å². The Kier molecular flexibility index (Phi) is 4.81. The van der Waals surface area contributed by atoms with Gasteiger partial charge in [0.15, 0.2) is 0 Å². The summed E-state index contributed by atoms with van der Waals surface area (Å²) in [6.45, 7) is 2.09. The van der Waals surface area contributed by atoms with Crippen molar-refractivity contribution < 1.29 is 8.42 Å². The first-order valence-electron chi connectivity index (χ1n) is 4.17. The summed E-state index contributed by atoms with van der Waals surface area (Å²) in [6, 6.07) is 5.26. The van der Waals surface area contributed by atoms with Crippen LogP contribution in [0.2, 0.25) is 0 Å². The smallest absolute Gasteiger partial charge is 0.271 e. The second-order valence-corrected chi connectivity index (χ2v) is 6.25. The van der Waals surface area contributed by atoms with E-state index in [-0.39, 0.29) is 0 Å². The molecule has 7 heteroatoms. The Morgan fingerprint density at radius 1 is 1.47 bits per heavy atom. The highest BCUT2D eigenvalue weighted by Crippen LogP contribution is 2.23. The summed E-state index contributed by atoms with van der Waals surface area (Å²) in [4.78, 5) is 0. The van der Waals surface area contributed by atoms with Crippen LogP contribution in [0.25, 0.3) is 0 Å². The lowest BCUT2D eigenvalue weighted by molar-refractivity contribution is 0.589. The molecule has 0 saturated heterocycles. The molecule has 0 unspecified atom stereocenters. The summed E-state index contributed by atoms with van der Waals surface area (Å²) >= 11 is 5.49. The molecule has 0 heterocycles. The first-order valence-corrected chi connectivity index (χ1v) is 7.52. The SMILES string of the molecule is CCNS(=O)(=O)Nc1ccc(I)c(Br)c1. The minimum absolute atomic E-state index is 0.362.